The van der Waals surface area contributed by atoms with Crippen LogP contribution in [0.2, 0.25) is 0 Å². The SMILES string of the molecule is CCOC(=O)Cn1cc(-c2cc3c(N[C@@H]4CN(c5ccc(C#N)cn5)C[C@H]4C)c(C(N)=O)cnn3c2)cn1. The van der Waals surface area contributed by atoms with Gasteiger partial charge in [0.25, 0.3) is 5.91 Å². The van der Waals surface area contributed by atoms with Gasteiger partial charge in [0.05, 0.1) is 41.3 Å². The van der Waals surface area contributed by atoms with Gasteiger partial charge in [0.1, 0.15) is 18.4 Å². The minimum absolute atomic E-state index is 0.00224. The molecule has 0 radical (unpaired) electrons. The monoisotopic (exact) mass is 513 g/mol. The Morgan fingerprint density at radius 3 is 2.74 bits per heavy atom. The number of nitrogens with two attached hydrogens (primary N) is 1. The molecule has 1 fully saturated rings. The van der Waals surface area contributed by atoms with Crippen LogP contribution in [0.25, 0.3) is 16.6 Å². The Kier molecular flexibility index (Phi) is 6.66. The normalized spacial score (nSPS) is 16.9. The molecule has 5 rings (SSSR count). The lowest BCUT2D eigenvalue weighted by molar-refractivity contribution is -0.144. The van der Waals surface area contributed by atoms with Crippen molar-refractivity contribution in [3.63, 3.8) is 0 Å². The molecule has 12 nitrogen and oxygen atoms in total. The lowest BCUT2D eigenvalue weighted by Crippen LogP contribution is -2.30. The van der Waals surface area contributed by atoms with Gasteiger partial charge in [-0.1, -0.05) is 6.92 Å². The van der Waals surface area contributed by atoms with Gasteiger partial charge in [-0.15, -0.1) is 0 Å². The number of amides is 1. The first-order valence-corrected chi connectivity index (χ1v) is 12.2. The van der Waals surface area contributed by atoms with E-state index >= 15 is 0 Å². The van der Waals surface area contributed by atoms with Crippen LogP contribution in [0.15, 0.2) is 49.2 Å². The summed E-state index contributed by atoms with van der Waals surface area (Å²) in [5, 5.41) is 21.2. The third kappa shape index (κ3) is 4.86. The number of ether oxygens (including phenoxy) is 1. The Bertz CT molecular complexity index is 1530. The second-order valence-electron chi connectivity index (χ2n) is 9.24. The first-order valence-electron chi connectivity index (χ1n) is 12.2. The maximum Gasteiger partial charge on any atom is 0.327 e. The van der Waals surface area contributed by atoms with Crippen molar-refractivity contribution >= 4 is 28.9 Å². The molecule has 0 spiro atoms. The molecule has 4 aromatic rings. The highest BCUT2D eigenvalue weighted by molar-refractivity contribution is 6.02. The lowest BCUT2D eigenvalue weighted by atomic mass is 10.1. The van der Waals surface area contributed by atoms with Gasteiger partial charge in [-0.25, -0.2) is 9.50 Å². The van der Waals surface area contributed by atoms with Gasteiger partial charge < -0.3 is 20.7 Å². The number of nitriles is 1. The molecule has 38 heavy (non-hydrogen) atoms. The van der Waals surface area contributed by atoms with E-state index in [0.717, 1.165) is 23.5 Å². The fourth-order valence-electron chi connectivity index (χ4n) is 4.66. The van der Waals surface area contributed by atoms with Gasteiger partial charge in [0, 0.05) is 48.8 Å². The third-order valence-corrected chi connectivity index (χ3v) is 6.61. The molecule has 5 heterocycles. The number of hydrogen-bond donors (Lipinski definition) is 2. The number of fused-ring (bicyclic) bond motifs is 1. The largest absolute Gasteiger partial charge is 0.465 e. The molecule has 0 bridgehead atoms. The summed E-state index contributed by atoms with van der Waals surface area (Å²) in [6.07, 6.45) is 8.29. The summed E-state index contributed by atoms with van der Waals surface area (Å²) in [5.41, 5.74) is 9.43. The highest BCUT2D eigenvalue weighted by atomic mass is 16.5. The van der Waals surface area contributed by atoms with Crippen LogP contribution in [0, 0.1) is 17.2 Å². The van der Waals surface area contributed by atoms with E-state index in [1.807, 2.05) is 18.3 Å². The molecule has 1 aliphatic heterocycles. The quantitative estimate of drug-likeness (QED) is 0.337. The van der Waals surface area contributed by atoms with E-state index in [9.17, 15) is 9.59 Å². The van der Waals surface area contributed by atoms with Crippen LogP contribution in [-0.4, -0.2) is 62.0 Å². The number of pyridine rings is 1. The first-order chi connectivity index (χ1) is 18.4. The first kappa shape index (κ1) is 24.8. The van der Waals surface area contributed by atoms with Crippen molar-refractivity contribution in [2.24, 2.45) is 11.7 Å². The Balaban J connectivity index is 1.42. The third-order valence-electron chi connectivity index (χ3n) is 6.61. The molecule has 2 atom stereocenters. The molecular formula is C26H27N9O3. The molecule has 1 aliphatic rings. The van der Waals surface area contributed by atoms with Crippen LogP contribution in [-0.2, 0) is 16.1 Å². The number of rotatable bonds is 8. The minimum Gasteiger partial charge on any atom is -0.465 e. The molecule has 0 aromatic carbocycles. The van der Waals surface area contributed by atoms with Crippen LogP contribution in [0.3, 0.4) is 0 Å². The van der Waals surface area contributed by atoms with Crippen LogP contribution < -0.4 is 16.0 Å². The van der Waals surface area contributed by atoms with Gasteiger partial charge in [0.15, 0.2) is 0 Å². The van der Waals surface area contributed by atoms with E-state index in [2.05, 4.69) is 38.4 Å². The number of nitrogens with zero attached hydrogens (tertiary/aromatic N) is 7. The zero-order valence-electron chi connectivity index (χ0n) is 21.0. The molecule has 1 saturated heterocycles. The maximum absolute atomic E-state index is 12.3. The van der Waals surface area contributed by atoms with Crippen molar-refractivity contribution in [1.82, 2.24) is 24.4 Å². The van der Waals surface area contributed by atoms with E-state index < -0.39 is 5.91 Å². The predicted octanol–water partition coefficient (Wildman–Crippen LogP) is 2.06. The van der Waals surface area contributed by atoms with Crippen molar-refractivity contribution in [2.45, 2.75) is 26.4 Å². The van der Waals surface area contributed by atoms with Crippen molar-refractivity contribution in [1.29, 1.82) is 5.26 Å². The van der Waals surface area contributed by atoms with Crippen LogP contribution >= 0.6 is 0 Å². The zero-order chi connectivity index (χ0) is 26.8. The molecule has 0 aliphatic carbocycles. The van der Waals surface area contributed by atoms with E-state index in [0.29, 0.717) is 35.5 Å². The number of nitrogens with one attached hydrogen (secondary N) is 1. The second kappa shape index (κ2) is 10.2. The van der Waals surface area contributed by atoms with Crippen LogP contribution in [0.5, 0.6) is 0 Å². The Labute approximate surface area is 218 Å². The van der Waals surface area contributed by atoms with Crippen molar-refractivity contribution in [2.75, 3.05) is 29.9 Å². The van der Waals surface area contributed by atoms with E-state index in [1.54, 1.807) is 36.1 Å². The van der Waals surface area contributed by atoms with Gasteiger partial charge in [-0.3, -0.25) is 14.3 Å². The van der Waals surface area contributed by atoms with E-state index in [-0.39, 0.29) is 24.5 Å². The summed E-state index contributed by atoms with van der Waals surface area (Å²) < 4.78 is 8.20. The fourth-order valence-corrected chi connectivity index (χ4v) is 4.66. The molecule has 0 unspecified atom stereocenters. The van der Waals surface area contributed by atoms with Gasteiger partial charge in [-0.05, 0) is 31.0 Å². The zero-order valence-corrected chi connectivity index (χ0v) is 21.0. The number of esters is 1. The maximum atomic E-state index is 12.3. The summed E-state index contributed by atoms with van der Waals surface area (Å²) in [7, 11) is 0. The minimum atomic E-state index is -0.580. The van der Waals surface area contributed by atoms with Crippen LogP contribution in [0.1, 0.15) is 29.8 Å². The second-order valence-corrected chi connectivity index (χ2v) is 9.24. The van der Waals surface area contributed by atoms with Crippen LogP contribution in [0.4, 0.5) is 11.5 Å². The Hall–Kier alpha value is -4.92. The molecule has 0 saturated carbocycles. The Morgan fingerprint density at radius 1 is 1.18 bits per heavy atom. The van der Waals surface area contributed by atoms with E-state index in [1.165, 1.54) is 10.9 Å². The number of carbonyl (C=O) groups is 2. The molecule has 3 N–H and O–H groups in total. The number of aromatic nitrogens is 5. The van der Waals surface area contributed by atoms with Gasteiger partial charge in [0.2, 0.25) is 0 Å². The number of anilines is 2. The standard InChI is InChI=1S/C26H27N9O3/c1-3-38-24(36)15-34-12-19(9-30-34)18-6-22-25(20(26(28)37)10-31-35(22)13-18)32-21-14-33(11-16(21)2)23-5-4-17(7-27)8-29-23/h4-6,8-10,12-13,16,21,32H,3,11,14-15H2,1-2H3,(H2,28,37)/t16-,21-/m1/s1. The van der Waals surface area contributed by atoms with Gasteiger partial charge in [-0.2, -0.15) is 15.5 Å². The van der Waals surface area contributed by atoms with Crippen molar-refractivity contribution in [3.05, 3.63) is 60.3 Å². The highest BCUT2D eigenvalue weighted by Crippen LogP contribution is 2.31. The summed E-state index contributed by atoms with van der Waals surface area (Å²) >= 11 is 0. The summed E-state index contributed by atoms with van der Waals surface area (Å²) in [6.45, 7) is 5.62. The average molecular weight is 514 g/mol. The van der Waals surface area contributed by atoms with Crippen molar-refractivity contribution < 1.29 is 14.3 Å². The van der Waals surface area contributed by atoms with Gasteiger partial charge >= 0.3 is 5.97 Å². The molecule has 12 heteroatoms. The molecule has 1 amide bonds. The smallest absolute Gasteiger partial charge is 0.327 e. The fraction of sp³-hybridized carbons (Fsp3) is 0.308. The molecule has 194 valence electrons. The van der Waals surface area contributed by atoms with Crippen molar-refractivity contribution in [3.8, 4) is 17.2 Å². The Morgan fingerprint density at radius 2 is 2.03 bits per heavy atom. The summed E-state index contributed by atoms with van der Waals surface area (Å²) in [5.74, 6) is 0.0834. The summed E-state index contributed by atoms with van der Waals surface area (Å²) in [6, 6.07) is 7.59. The number of hydrogen-bond acceptors (Lipinski definition) is 9. The topological polar surface area (TPSA) is 156 Å². The average Bonchev–Trinajstić information content (AvgIpc) is 3.63. The predicted molar refractivity (Wildman–Crippen MR) is 139 cm³/mol. The number of carbonyl (C=O) groups excluding carboxylic acids is 2. The molecule has 4 aromatic heterocycles. The lowest BCUT2D eigenvalue weighted by Gasteiger charge is -2.21. The molecular weight excluding hydrogens is 486 g/mol. The summed E-state index contributed by atoms with van der Waals surface area (Å²) in [4.78, 5) is 30.7. The number of primary amides is 1. The van der Waals surface area contributed by atoms with E-state index in [4.69, 9.17) is 15.7 Å². The highest BCUT2D eigenvalue weighted by Gasteiger charge is 2.32.